The van der Waals surface area contributed by atoms with Gasteiger partial charge in [-0.15, -0.1) is 0 Å². The molecule has 0 aromatic carbocycles. The first-order chi connectivity index (χ1) is 4.83. The van der Waals surface area contributed by atoms with Gasteiger partial charge in [-0.2, -0.15) is 0 Å². The number of hydrogen-bond acceptors (Lipinski definition) is 2. The predicted octanol–water partition coefficient (Wildman–Crippen LogP) is 1.42. The van der Waals surface area contributed by atoms with Crippen LogP contribution in [0.1, 0.15) is 12.8 Å². The van der Waals surface area contributed by atoms with Crippen molar-refractivity contribution >= 4 is 45.1 Å². The number of halogens is 2. The molecule has 1 N–H and O–H groups in total. The van der Waals surface area contributed by atoms with Crippen LogP contribution in [0.4, 0.5) is 0 Å². The fourth-order valence-electron chi connectivity index (χ4n) is 0.868. The molecule has 58 valence electrons. The van der Waals surface area contributed by atoms with E-state index in [0.717, 1.165) is 12.8 Å². The van der Waals surface area contributed by atoms with Gasteiger partial charge in [0.05, 0.1) is 12.7 Å². The molecule has 0 aliphatic carbocycles. The van der Waals surface area contributed by atoms with Crippen LogP contribution in [0.2, 0.25) is 0 Å². The van der Waals surface area contributed by atoms with E-state index in [-0.39, 0.29) is 18.7 Å². The fraction of sp³-hybridized carbons (Fsp3) is 1.00. The first-order valence-corrected chi connectivity index (χ1v) is 9.27. The molecule has 2 atom stereocenters. The predicted molar refractivity (Wildman–Crippen MR) is 58.8 cm³/mol. The van der Waals surface area contributed by atoms with Crippen LogP contribution in [-0.4, -0.2) is 31.7 Å². The molecule has 1 fully saturated rings. The van der Waals surface area contributed by atoms with Crippen LogP contribution in [0.25, 0.3) is 0 Å². The summed E-state index contributed by atoms with van der Waals surface area (Å²) >= 11 is 4.24. The fourth-order valence-corrected chi connectivity index (χ4v) is 0.868. The molecule has 1 aliphatic rings. The molecule has 0 aromatic rings. The number of ether oxygens (including phenoxy) is 1. The zero-order valence-corrected chi connectivity index (χ0v) is 9.78. The van der Waals surface area contributed by atoms with Crippen molar-refractivity contribution in [2.75, 3.05) is 6.61 Å². The molecule has 2 nitrogen and oxygen atoms in total. The first kappa shape index (κ1) is 11.4. The molecule has 0 saturated carbocycles. The lowest BCUT2D eigenvalue weighted by molar-refractivity contribution is 0.0432. The van der Waals surface area contributed by atoms with Crippen LogP contribution in [0.5, 0.6) is 0 Å². The molecule has 1 rings (SSSR count). The maximum Gasteiger partial charge on any atom is 0.109 e. The molecule has 1 saturated heterocycles. The van der Waals surface area contributed by atoms with E-state index in [2.05, 4.69) is 37.2 Å². The Kier molecular flexibility index (Phi) is 8.14. The third kappa shape index (κ3) is 4.35. The molecule has 2 unspecified atom stereocenters. The zero-order chi connectivity index (χ0) is 7.98. The number of rotatable bonds is 1. The highest BCUT2D eigenvalue weighted by Crippen LogP contribution is 2.15. The maximum absolute atomic E-state index is 8.50. The third-order valence-corrected chi connectivity index (χ3v) is 1.34. The van der Waals surface area contributed by atoms with E-state index in [1.54, 1.807) is 0 Å². The molecular weight excluding hydrogens is 357 g/mol. The van der Waals surface area contributed by atoms with Gasteiger partial charge in [-0.05, 0) is 12.8 Å². The molecule has 2 radical (unpaired) electrons. The van der Waals surface area contributed by atoms with E-state index in [9.17, 15) is 0 Å². The number of hydrogen-bond donors (Lipinski definition) is 1. The van der Waals surface area contributed by atoms with Crippen LogP contribution in [0, 0.1) is 0 Å². The lowest BCUT2D eigenvalue weighted by atomic mass is 9.97. The van der Waals surface area contributed by atoms with Crippen molar-refractivity contribution in [2.24, 2.45) is 0 Å². The minimum Gasteiger partial charge on any atom is -0.394 e. The lowest BCUT2D eigenvalue weighted by Gasteiger charge is -2.05. The van der Waals surface area contributed by atoms with Crippen LogP contribution in [0.3, 0.4) is 0 Å². The summed E-state index contributed by atoms with van der Waals surface area (Å²) in [5, 5.41) is 8.50. The average molecular weight is 366 g/mol. The Hall–Kier alpha value is 1.44. The summed E-state index contributed by atoms with van der Waals surface area (Å²) < 4.78 is 5.04. The average Bonchev–Trinajstić information content (AvgIpc) is 2.40. The van der Waals surface area contributed by atoms with Gasteiger partial charge in [-0.1, -0.05) is 0 Å². The van der Waals surface area contributed by atoms with Gasteiger partial charge in [0.15, 0.2) is 0 Å². The summed E-state index contributed by atoms with van der Waals surface area (Å²) in [6, 6.07) is -0.132. The first-order valence-electron chi connectivity index (χ1n) is 2.99. The van der Waals surface area contributed by atoms with Gasteiger partial charge in [0, 0.05) is 43.2 Å². The molecule has 5 heteroatoms. The quantitative estimate of drug-likeness (QED) is 0.562. The van der Waals surface area contributed by atoms with Crippen LogP contribution in [0.15, 0.2) is 0 Å². The topological polar surface area (TPSA) is 29.5 Å². The second-order valence-corrected chi connectivity index (χ2v) is 2.06. The van der Waals surface area contributed by atoms with E-state index in [0.29, 0.717) is 0 Å². The van der Waals surface area contributed by atoms with Crippen molar-refractivity contribution in [2.45, 2.75) is 24.9 Å². The third-order valence-electron chi connectivity index (χ3n) is 1.34. The van der Waals surface area contributed by atoms with Gasteiger partial charge >= 0.3 is 0 Å². The maximum atomic E-state index is 8.50. The summed E-state index contributed by atoms with van der Waals surface area (Å²) in [5.74, 6) is 0. The van der Waals surface area contributed by atoms with Gasteiger partial charge in [0.2, 0.25) is 0 Å². The van der Waals surface area contributed by atoms with Crippen molar-refractivity contribution in [3.05, 3.63) is 0 Å². The number of aliphatic hydroxyl groups is 1. The SMILES string of the molecule is II.[B]C1CCC(CO)O1. The molecule has 10 heavy (non-hydrogen) atoms. The number of aliphatic hydroxyl groups excluding tert-OH is 1. The van der Waals surface area contributed by atoms with E-state index in [1.807, 2.05) is 0 Å². The Morgan fingerprint density at radius 2 is 2.10 bits per heavy atom. The molecule has 0 aromatic heterocycles. The van der Waals surface area contributed by atoms with Gasteiger partial charge in [-0.25, -0.2) is 0 Å². The highest BCUT2D eigenvalue weighted by molar-refractivity contribution is 15.0. The van der Waals surface area contributed by atoms with Crippen LogP contribution in [-0.2, 0) is 4.74 Å². The Balaban J connectivity index is 0.000000371. The Morgan fingerprint density at radius 3 is 2.30 bits per heavy atom. The van der Waals surface area contributed by atoms with Gasteiger partial charge in [0.1, 0.15) is 7.85 Å². The molecule has 1 aliphatic heterocycles. The summed E-state index contributed by atoms with van der Waals surface area (Å²) in [6.45, 7) is 0.105. The molecular formula is C5H9BI2O2. The summed E-state index contributed by atoms with van der Waals surface area (Å²) in [6.07, 6.45) is 1.79. The van der Waals surface area contributed by atoms with Crippen molar-refractivity contribution in [3.8, 4) is 0 Å². The van der Waals surface area contributed by atoms with Crippen LogP contribution >= 0.6 is 37.2 Å². The van der Waals surface area contributed by atoms with E-state index in [4.69, 9.17) is 17.7 Å². The summed E-state index contributed by atoms with van der Waals surface area (Å²) in [4.78, 5) is 0. The second-order valence-electron chi connectivity index (χ2n) is 2.06. The molecule has 0 amide bonds. The normalized spacial score (nSPS) is 31.1. The van der Waals surface area contributed by atoms with Crippen LogP contribution < -0.4 is 0 Å². The lowest BCUT2D eigenvalue weighted by Crippen LogP contribution is -2.13. The molecule has 1 heterocycles. The summed E-state index contributed by atoms with van der Waals surface area (Å²) in [7, 11) is 5.37. The van der Waals surface area contributed by atoms with E-state index < -0.39 is 0 Å². The highest BCUT2D eigenvalue weighted by Gasteiger charge is 2.19. The second kappa shape index (κ2) is 7.11. The minimum atomic E-state index is -0.132. The van der Waals surface area contributed by atoms with Crippen molar-refractivity contribution in [1.29, 1.82) is 0 Å². The Labute approximate surface area is 85.8 Å². The monoisotopic (exact) mass is 366 g/mol. The Bertz CT molecular complexity index is 84.0. The summed E-state index contributed by atoms with van der Waals surface area (Å²) in [5.41, 5.74) is 0. The van der Waals surface area contributed by atoms with E-state index in [1.165, 1.54) is 0 Å². The largest absolute Gasteiger partial charge is 0.394 e. The minimum absolute atomic E-state index is 0.00463. The van der Waals surface area contributed by atoms with Crippen molar-refractivity contribution in [3.63, 3.8) is 0 Å². The highest BCUT2D eigenvalue weighted by atomic mass is 128. The Morgan fingerprint density at radius 1 is 1.50 bits per heavy atom. The van der Waals surface area contributed by atoms with Crippen molar-refractivity contribution in [1.82, 2.24) is 0 Å². The van der Waals surface area contributed by atoms with E-state index >= 15 is 0 Å². The smallest absolute Gasteiger partial charge is 0.109 e. The van der Waals surface area contributed by atoms with Crippen molar-refractivity contribution < 1.29 is 9.84 Å². The standard InChI is InChI=1S/C5H9BO2.I2/c6-5-2-1-4(3-7)8-5;1-2/h4-5,7H,1-3H2;. The van der Waals surface area contributed by atoms with Gasteiger partial charge in [-0.3, -0.25) is 0 Å². The van der Waals surface area contributed by atoms with Gasteiger partial charge < -0.3 is 9.84 Å². The van der Waals surface area contributed by atoms with Gasteiger partial charge in [0.25, 0.3) is 0 Å². The molecule has 0 spiro atoms. The zero-order valence-electron chi connectivity index (χ0n) is 5.46. The molecule has 0 bridgehead atoms.